The van der Waals surface area contributed by atoms with Crippen molar-refractivity contribution in [3.05, 3.63) is 89.6 Å². The predicted octanol–water partition coefficient (Wildman–Crippen LogP) is 4.75. The van der Waals surface area contributed by atoms with Gasteiger partial charge in [0.25, 0.3) is 5.91 Å². The highest BCUT2D eigenvalue weighted by Gasteiger charge is 2.19. The Bertz CT molecular complexity index is 1110. The number of hydrogen-bond acceptors (Lipinski definition) is 5. The molecule has 2 aromatic carbocycles. The van der Waals surface area contributed by atoms with Crippen molar-refractivity contribution in [3.63, 3.8) is 0 Å². The molecule has 1 fully saturated rings. The molecule has 0 saturated carbocycles. The quantitative estimate of drug-likeness (QED) is 0.505. The van der Waals surface area contributed by atoms with Gasteiger partial charge in [-0.1, -0.05) is 63.2 Å². The Morgan fingerprint density at radius 1 is 0.972 bits per heavy atom. The van der Waals surface area contributed by atoms with Crippen molar-refractivity contribution in [2.75, 3.05) is 42.9 Å². The zero-order chi connectivity index (χ0) is 25.5. The van der Waals surface area contributed by atoms with Crippen LogP contribution < -0.4 is 10.2 Å². The Balaban J connectivity index is 1.28. The third kappa shape index (κ3) is 7.15. The molecule has 2 heterocycles. The summed E-state index contributed by atoms with van der Waals surface area (Å²) in [5, 5.41) is 13.5. The average molecular weight is 487 g/mol. The number of amides is 1. The van der Waals surface area contributed by atoms with Crippen molar-refractivity contribution in [2.24, 2.45) is 0 Å². The number of nitrogens with zero attached hydrogens (tertiary/aromatic N) is 3. The monoisotopic (exact) mass is 486 g/mol. The van der Waals surface area contributed by atoms with E-state index in [-0.39, 0.29) is 17.4 Å². The number of benzene rings is 2. The van der Waals surface area contributed by atoms with E-state index in [1.165, 1.54) is 11.1 Å². The van der Waals surface area contributed by atoms with Gasteiger partial charge < -0.3 is 15.3 Å². The van der Waals surface area contributed by atoms with Gasteiger partial charge in [0.15, 0.2) is 0 Å². The van der Waals surface area contributed by atoms with Gasteiger partial charge in [-0.05, 0) is 60.2 Å². The summed E-state index contributed by atoms with van der Waals surface area (Å²) < 4.78 is 0. The molecule has 0 radical (unpaired) electrons. The summed E-state index contributed by atoms with van der Waals surface area (Å²) in [7, 11) is 0. The minimum Gasteiger partial charge on any atom is -0.391 e. The van der Waals surface area contributed by atoms with Gasteiger partial charge >= 0.3 is 0 Å². The highest BCUT2D eigenvalue weighted by molar-refractivity contribution is 6.04. The van der Waals surface area contributed by atoms with Gasteiger partial charge in [-0.3, -0.25) is 9.69 Å². The zero-order valence-corrected chi connectivity index (χ0v) is 21.7. The second-order valence-corrected chi connectivity index (χ2v) is 10.7. The molecule has 2 N–H and O–H groups in total. The van der Waals surface area contributed by atoms with Crippen LogP contribution in [0.1, 0.15) is 48.7 Å². The molecule has 1 saturated heterocycles. The van der Waals surface area contributed by atoms with E-state index in [9.17, 15) is 9.90 Å². The van der Waals surface area contributed by atoms with E-state index < -0.39 is 0 Å². The lowest BCUT2D eigenvalue weighted by Crippen LogP contribution is -2.36. The molecule has 0 spiro atoms. The first-order chi connectivity index (χ1) is 17.3. The first-order valence-electron chi connectivity index (χ1n) is 12.9. The standard InChI is InChI=1S/C30H38N4O2/c1-30(2,3)25-12-10-24(11-13-25)29(36)32-26-14-15-28(31-21-26)34-17-7-16-33(18-19-34)22-27(35)20-23-8-5-4-6-9-23/h4-6,8-15,21,27,35H,7,16-20,22H2,1-3H3,(H,32,36)/t27-/m0/s1. The molecule has 0 aliphatic carbocycles. The number of pyridine rings is 1. The number of hydrogen-bond donors (Lipinski definition) is 2. The molecule has 1 aliphatic heterocycles. The van der Waals surface area contributed by atoms with Crippen LogP contribution in [0, 0.1) is 0 Å². The van der Waals surface area contributed by atoms with Crippen LogP contribution >= 0.6 is 0 Å². The number of rotatable bonds is 7. The first-order valence-corrected chi connectivity index (χ1v) is 12.9. The molecule has 36 heavy (non-hydrogen) atoms. The Hall–Kier alpha value is -3.22. The summed E-state index contributed by atoms with van der Waals surface area (Å²) in [6.45, 7) is 10.8. The molecular weight excluding hydrogens is 448 g/mol. The second-order valence-electron chi connectivity index (χ2n) is 10.7. The van der Waals surface area contributed by atoms with Crippen molar-refractivity contribution >= 4 is 17.4 Å². The van der Waals surface area contributed by atoms with Gasteiger partial charge in [-0.25, -0.2) is 4.98 Å². The number of nitrogens with one attached hydrogen (secondary N) is 1. The number of anilines is 2. The fourth-order valence-electron chi connectivity index (χ4n) is 4.60. The second kappa shape index (κ2) is 11.7. The van der Waals surface area contributed by atoms with Crippen LogP contribution in [0.3, 0.4) is 0 Å². The van der Waals surface area contributed by atoms with E-state index in [1.54, 1.807) is 6.20 Å². The van der Waals surface area contributed by atoms with Crippen molar-refractivity contribution in [2.45, 2.75) is 45.1 Å². The van der Waals surface area contributed by atoms with Crippen molar-refractivity contribution < 1.29 is 9.90 Å². The van der Waals surface area contributed by atoms with Crippen LogP contribution in [-0.2, 0) is 11.8 Å². The van der Waals surface area contributed by atoms with Crippen molar-refractivity contribution in [1.82, 2.24) is 9.88 Å². The van der Waals surface area contributed by atoms with Crippen molar-refractivity contribution in [3.8, 4) is 0 Å². The summed E-state index contributed by atoms with van der Waals surface area (Å²) in [6.07, 6.45) is 3.05. The van der Waals surface area contributed by atoms with E-state index in [2.05, 4.69) is 53.0 Å². The molecule has 1 amide bonds. The smallest absolute Gasteiger partial charge is 0.255 e. The van der Waals surface area contributed by atoms with Crippen LogP contribution in [0.5, 0.6) is 0 Å². The number of carbonyl (C=O) groups is 1. The summed E-state index contributed by atoms with van der Waals surface area (Å²) in [4.78, 5) is 21.9. The van der Waals surface area contributed by atoms with Crippen LogP contribution in [0.4, 0.5) is 11.5 Å². The fourth-order valence-corrected chi connectivity index (χ4v) is 4.60. The average Bonchev–Trinajstić information content (AvgIpc) is 3.10. The number of aliphatic hydroxyl groups is 1. The molecule has 3 aromatic rings. The zero-order valence-electron chi connectivity index (χ0n) is 21.7. The van der Waals surface area contributed by atoms with E-state index in [4.69, 9.17) is 0 Å². The fraction of sp³-hybridized carbons (Fsp3) is 0.400. The van der Waals surface area contributed by atoms with Gasteiger partial charge in [0.1, 0.15) is 5.82 Å². The number of aromatic nitrogens is 1. The first kappa shape index (κ1) is 25.9. The Morgan fingerprint density at radius 3 is 2.39 bits per heavy atom. The number of β-amino-alcohol motifs (C(OH)–C–C–N with tert-alkyl or cyclic N) is 1. The SMILES string of the molecule is CC(C)(C)c1ccc(C(=O)Nc2ccc(N3CCCN(C[C@@H](O)Cc4ccccc4)CC3)nc2)cc1. The highest BCUT2D eigenvalue weighted by Crippen LogP contribution is 2.23. The third-order valence-electron chi connectivity index (χ3n) is 6.71. The normalized spacial score (nSPS) is 15.8. The molecule has 1 aliphatic rings. The molecule has 1 atom stereocenters. The maximum absolute atomic E-state index is 12.7. The van der Waals surface area contributed by atoms with Gasteiger partial charge in [0.05, 0.1) is 18.0 Å². The van der Waals surface area contributed by atoms with Gasteiger partial charge in [-0.15, -0.1) is 0 Å². The summed E-state index contributed by atoms with van der Waals surface area (Å²) in [5.41, 5.74) is 3.74. The van der Waals surface area contributed by atoms with Gasteiger partial charge in [0.2, 0.25) is 0 Å². The molecule has 1 aromatic heterocycles. The Kier molecular flexibility index (Phi) is 8.39. The number of carbonyl (C=O) groups excluding carboxylic acids is 1. The molecule has 0 unspecified atom stereocenters. The van der Waals surface area contributed by atoms with Crippen molar-refractivity contribution in [1.29, 1.82) is 0 Å². The molecule has 0 bridgehead atoms. The summed E-state index contributed by atoms with van der Waals surface area (Å²) >= 11 is 0. The summed E-state index contributed by atoms with van der Waals surface area (Å²) in [6, 6.07) is 21.8. The lowest BCUT2D eigenvalue weighted by Gasteiger charge is -2.24. The van der Waals surface area contributed by atoms with E-state index in [0.29, 0.717) is 24.2 Å². The maximum atomic E-state index is 12.7. The van der Waals surface area contributed by atoms with Crippen LogP contribution in [0.2, 0.25) is 0 Å². The minimum absolute atomic E-state index is 0.0566. The van der Waals surface area contributed by atoms with Crippen LogP contribution in [0.25, 0.3) is 0 Å². The van der Waals surface area contributed by atoms with E-state index in [1.807, 2.05) is 54.6 Å². The maximum Gasteiger partial charge on any atom is 0.255 e. The molecule has 6 heteroatoms. The van der Waals surface area contributed by atoms with Gasteiger partial charge in [-0.2, -0.15) is 0 Å². The molecular formula is C30H38N4O2. The van der Waals surface area contributed by atoms with E-state index >= 15 is 0 Å². The van der Waals surface area contributed by atoms with Gasteiger partial charge in [0, 0.05) is 31.7 Å². The molecule has 6 nitrogen and oxygen atoms in total. The Labute approximate surface area is 215 Å². The topological polar surface area (TPSA) is 68.7 Å². The third-order valence-corrected chi connectivity index (χ3v) is 6.71. The largest absolute Gasteiger partial charge is 0.391 e. The van der Waals surface area contributed by atoms with E-state index in [0.717, 1.165) is 38.4 Å². The molecule has 4 rings (SSSR count). The number of aliphatic hydroxyl groups excluding tert-OH is 1. The molecule has 190 valence electrons. The predicted molar refractivity (Wildman–Crippen MR) is 147 cm³/mol. The highest BCUT2D eigenvalue weighted by atomic mass is 16.3. The minimum atomic E-state index is -0.371. The Morgan fingerprint density at radius 2 is 1.72 bits per heavy atom. The lowest BCUT2D eigenvalue weighted by atomic mass is 9.87. The lowest BCUT2D eigenvalue weighted by molar-refractivity contribution is 0.102. The van der Waals surface area contributed by atoms with Crippen LogP contribution in [-0.4, -0.2) is 59.7 Å². The summed E-state index contributed by atoms with van der Waals surface area (Å²) in [5.74, 6) is 0.777. The van der Waals surface area contributed by atoms with Crippen LogP contribution in [0.15, 0.2) is 72.9 Å².